The zero-order valence-electron chi connectivity index (χ0n) is 15.7. The lowest BCUT2D eigenvalue weighted by atomic mass is 10.1. The molecule has 0 fully saturated rings. The largest absolute Gasteiger partial charge is 0.494 e. The second-order valence-electron chi connectivity index (χ2n) is 6.02. The van der Waals surface area contributed by atoms with E-state index in [1.165, 1.54) is 0 Å². The molecule has 2 aromatic rings. The van der Waals surface area contributed by atoms with Crippen molar-refractivity contribution in [1.82, 2.24) is 20.4 Å². The molecule has 2 N–H and O–H groups in total. The van der Waals surface area contributed by atoms with E-state index in [1.807, 2.05) is 56.6 Å². The van der Waals surface area contributed by atoms with Gasteiger partial charge in [-0.15, -0.1) is 0 Å². The number of aryl methyl sites for hydroxylation is 2. The third kappa shape index (κ3) is 4.75. The van der Waals surface area contributed by atoms with Gasteiger partial charge in [0.2, 0.25) is 0 Å². The molecular weight excluding hydrogens is 316 g/mol. The molecule has 1 aromatic heterocycles. The molecule has 0 saturated heterocycles. The van der Waals surface area contributed by atoms with Gasteiger partial charge in [-0.2, -0.15) is 5.10 Å². The number of benzene rings is 1. The van der Waals surface area contributed by atoms with E-state index in [2.05, 4.69) is 22.7 Å². The monoisotopic (exact) mass is 344 g/mol. The van der Waals surface area contributed by atoms with E-state index in [1.54, 1.807) is 0 Å². The van der Waals surface area contributed by atoms with Gasteiger partial charge < -0.3 is 15.4 Å². The highest BCUT2D eigenvalue weighted by atomic mass is 16.5. The molecule has 6 heteroatoms. The minimum atomic E-state index is -0.190. The Balaban J connectivity index is 1.90. The summed E-state index contributed by atoms with van der Waals surface area (Å²) >= 11 is 0. The van der Waals surface area contributed by atoms with Crippen LogP contribution < -0.4 is 15.4 Å². The van der Waals surface area contributed by atoms with Crippen molar-refractivity contribution in [3.05, 3.63) is 46.8 Å². The maximum absolute atomic E-state index is 12.2. The standard InChI is InChI=1S/C19H28N4O2/c1-6-23-15(5)18(14(4)22-23)12-20-19(24)21-13(3)16-8-10-17(11-9-16)25-7-2/h8-11,13H,6-7,12H2,1-5H3,(H2,20,21,24). The summed E-state index contributed by atoms with van der Waals surface area (Å²) in [4.78, 5) is 12.2. The SMILES string of the molecule is CCOc1ccc(C(C)NC(=O)NCc2c(C)nn(CC)c2C)cc1. The molecule has 6 nitrogen and oxygen atoms in total. The van der Waals surface area contributed by atoms with Gasteiger partial charge in [-0.3, -0.25) is 4.68 Å². The number of amides is 2. The predicted molar refractivity (Wildman–Crippen MR) is 98.8 cm³/mol. The highest BCUT2D eigenvalue weighted by Gasteiger charge is 2.13. The van der Waals surface area contributed by atoms with Crippen LogP contribution in [0, 0.1) is 13.8 Å². The number of urea groups is 1. The van der Waals surface area contributed by atoms with E-state index >= 15 is 0 Å². The number of aromatic nitrogens is 2. The first-order chi connectivity index (χ1) is 12.0. The van der Waals surface area contributed by atoms with Gasteiger partial charge in [-0.25, -0.2) is 4.79 Å². The van der Waals surface area contributed by atoms with Crippen LogP contribution in [0.25, 0.3) is 0 Å². The van der Waals surface area contributed by atoms with E-state index in [-0.39, 0.29) is 12.1 Å². The number of rotatable bonds is 7. The Bertz CT molecular complexity index is 707. The molecule has 0 radical (unpaired) electrons. The summed E-state index contributed by atoms with van der Waals surface area (Å²) in [6.07, 6.45) is 0. The van der Waals surface area contributed by atoms with Crippen molar-refractivity contribution in [3.8, 4) is 5.75 Å². The van der Waals surface area contributed by atoms with Crippen LogP contribution in [0.2, 0.25) is 0 Å². The van der Waals surface area contributed by atoms with Crippen LogP contribution >= 0.6 is 0 Å². The highest BCUT2D eigenvalue weighted by molar-refractivity contribution is 5.74. The average molecular weight is 344 g/mol. The van der Waals surface area contributed by atoms with Crippen LogP contribution in [0.15, 0.2) is 24.3 Å². The predicted octanol–water partition coefficient (Wildman–Crippen LogP) is 3.48. The topological polar surface area (TPSA) is 68.2 Å². The fourth-order valence-electron chi connectivity index (χ4n) is 2.82. The number of hydrogen-bond donors (Lipinski definition) is 2. The lowest BCUT2D eigenvalue weighted by Crippen LogP contribution is -2.36. The third-order valence-electron chi connectivity index (χ3n) is 4.30. The van der Waals surface area contributed by atoms with E-state index in [4.69, 9.17) is 4.74 Å². The van der Waals surface area contributed by atoms with Gasteiger partial charge in [0.15, 0.2) is 0 Å². The molecule has 1 aromatic carbocycles. The van der Waals surface area contributed by atoms with Gasteiger partial charge in [-0.1, -0.05) is 12.1 Å². The molecule has 1 heterocycles. The van der Waals surface area contributed by atoms with Crippen molar-refractivity contribution < 1.29 is 9.53 Å². The second-order valence-corrected chi connectivity index (χ2v) is 6.02. The van der Waals surface area contributed by atoms with Crippen molar-refractivity contribution in [2.24, 2.45) is 0 Å². The van der Waals surface area contributed by atoms with Crippen molar-refractivity contribution in [1.29, 1.82) is 0 Å². The van der Waals surface area contributed by atoms with Gasteiger partial charge in [-0.05, 0) is 52.3 Å². The molecule has 1 unspecified atom stereocenters. The summed E-state index contributed by atoms with van der Waals surface area (Å²) in [5.74, 6) is 0.835. The minimum Gasteiger partial charge on any atom is -0.494 e. The lowest BCUT2D eigenvalue weighted by molar-refractivity contribution is 0.237. The Hall–Kier alpha value is -2.50. The second kappa shape index (κ2) is 8.55. The van der Waals surface area contributed by atoms with Crippen molar-refractivity contribution in [2.75, 3.05) is 6.61 Å². The van der Waals surface area contributed by atoms with Crippen LogP contribution in [-0.4, -0.2) is 22.4 Å². The number of hydrogen-bond acceptors (Lipinski definition) is 3. The van der Waals surface area contributed by atoms with E-state index in [0.29, 0.717) is 13.2 Å². The zero-order valence-corrected chi connectivity index (χ0v) is 15.7. The smallest absolute Gasteiger partial charge is 0.315 e. The first kappa shape index (κ1) is 18.8. The Labute approximate surface area is 149 Å². The quantitative estimate of drug-likeness (QED) is 0.808. The Morgan fingerprint density at radius 3 is 2.48 bits per heavy atom. The summed E-state index contributed by atoms with van der Waals surface area (Å²) in [6.45, 7) is 11.9. The molecule has 0 aliphatic rings. The summed E-state index contributed by atoms with van der Waals surface area (Å²) < 4.78 is 7.39. The molecule has 1 atom stereocenters. The summed E-state index contributed by atoms with van der Waals surface area (Å²) in [7, 11) is 0. The average Bonchev–Trinajstić information content (AvgIpc) is 2.87. The van der Waals surface area contributed by atoms with E-state index < -0.39 is 0 Å². The van der Waals surface area contributed by atoms with Gasteiger partial charge in [0.1, 0.15) is 5.75 Å². The van der Waals surface area contributed by atoms with Crippen LogP contribution in [0.5, 0.6) is 5.75 Å². The van der Waals surface area contributed by atoms with Gasteiger partial charge >= 0.3 is 6.03 Å². The Kier molecular flexibility index (Phi) is 6.44. The molecule has 2 rings (SSSR count). The van der Waals surface area contributed by atoms with Crippen molar-refractivity contribution in [3.63, 3.8) is 0 Å². The molecule has 0 saturated carbocycles. The van der Waals surface area contributed by atoms with Crippen LogP contribution in [-0.2, 0) is 13.1 Å². The minimum absolute atomic E-state index is 0.0868. The van der Waals surface area contributed by atoms with Crippen molar-refractivity contribution in [2.45, 2.75) is 53.8 Å². The molecule has 0 spiro atoms. The summed E-state index contributed by atoms with van der Waals surface area (Å²) in [5, 5.41) is 10.4. The Morgan fingerprint density at radius 1 is 1.24 bits per heavy atom. The molecule has 136 valence electrons. The fraction of sp³-hybridized carbons (Fsp3) is 0.474. The van der Waals surface area contributed by atoms with Crippen LogP contribution in [0.4, 0.5) is 4.79 Å². The molecular formula is C19H28N4O2. The summed E-state index contributed by atoms with van der Waals surface area (Å²) in [6, 6.07) is 7.49. The normalized spacial score (nSPS) is 11.9. The molecule has 2 amide bonds. The number of nitrogens with one attached hydrogen (secondary N) is 2. The van der Waals surface area contributed by atoms with E-state index in [9.17, 15) is 4.79 Å². The highest BCUT2D eigenvalue weighted by Crippen LogP contribution is 2.17. The summed E-state index contributed by atoms with van der Waals surface area (Å²) in [5.41, 5.74) is 4.16. The number of carbonyl (C=O) groups is 1. The maximum atomic E-state index is 12.2. The van der Waals surface area contributed by atoms with Gasteiger partial charge in [0, 0.05) is 24.3 Å². The zero-order chi connectivity index (χ0) is 18.4. The fourth-order valence-corrected chi connectivity index (χ4v) is 2.82. The molecule has 0 aliphatic carbocycles. The maximum Gasteiger partial charge on any atom is 0.315 e. The van der Waals surface area contributed by atoms with Gasteiger partial charge in [0.05, 0.1) is 18.3 Å². The van der Waals surface area contributed by atoms with E-state index in [0.717, 1.165) is 34.8 Å². The first-order valence-electron chi connectivity index (χ1n) is 8.76. The molecule has 0 aliphatic heterocycles. The molecule has 0 bridgehead atoms. The molecule has 25 heavy (non-hydrogen) atoms. The van der Waals surface area contributed by atoms with Gasteiger partial charge in [0.25, 0.3) is 0 Å². The number of carbonyl (C=O) groups excluding carboxylic acids is 1. The number of nitrogens with zero attached hydrogens (tertiary/aromatic N) is 2. The Morgan fingerprint density at radius 2 is 1.92 bits per heavy atom. The van der Waals surface area contributed by atoms with Crippen LogP contribution in [0.1, 0.15) is 49.3 Å². The van der Waals surface area contributed by atoms with Crippen LogP contribution in [0.3, 0.4) is 0 Å². The first-order valence-corrected chi connectivity index (χ1v) is 8.76. The third-order valence-corrected chi connectivity index (χ3v) is 4.30. The van der Waals surface area contributed by atoms with Crippen molar-refractivity contribution >= 4 is 6.03 Å². The lowest BCUT2D eigenvalue weighted by Gasteiger charge is -2.16. The number of ether oxygens (including phenoxy) is 1.